The van der Waals surface area contributed by atoms with Crippen LogP contribution in [0.2, 0.25) is 0 Å². The summed E-state index contributed by atoms with van der Waals surface area (Å²) in [5, 5.41) is 5.57. The molecule has 3 amide bonds. The third-order valence-electron chi connectivity index (χ3n) is 5.21. The van der Waals surface area contributed by atoms with Gasteiger partial charge in [-0.3, -0.25) is 9.69 Å². The number of piperazine rings is 1. The van der Waals surface area contributed by atoms with Crippen LogP contribution in [0.4, 0.5) is 4.79 Å². The van der Waals surface area contributed by atoms with E-state index in [-0.39, 0.29) is 24.6 Å². The van der Waals surface area contributed by atoms with Crippen LogP contribution in [-0.4, -0.2) is 73.1 Å². The van der Waals surface area contributed by atoms with Gasteiger partial charge in [-0.15, -0.1) is 0 Å². The number of ether oxygens (including phenoxy) is 1. The van der Waals surface area contributed by atoms with E-state index in [0.29, 0.717) is 56.0 Å². The number of carbonyl (C=O) groups excluding carboxylic acids is 3. The minimum atomic E-state index is -0.403. The van der Waals surface area contributed by atoms with Gasteiger partial charge in [-0.05, 0) is 25.5 Å². The Hall–Kier alpha value is -2.87. The van der Waals surface area contributed by atoms with Gasteiger partial charge >= 0.3 is 12.0 Å². The fourth-order valence-corrected chi connectivity index (χ4v) is 3.68. The number of benzene rings is 1. The summed E-state index contributed by atoms with van der Waals surface area (Å²) in [7, 11) is 0. The Morgan fingerprint density at radius 1 is 1.10 bits per heavy atom. The van der Waals surface area contributed by atoms with Crippen LogP contribution < -0.4 is 10.6 Å². The van der Waals surface area contributed by atoms with Crippen molar-refractivity contribution in [3.05, 3.63) is 47.2 Å². The van der Waals surface area contributed by atoms with Crippen molar-refractivity contribution >= 4 is 17.9 Å². The summed E-state index contributed by atoms with van der Waals surface area (Å²) >= 11 is 0. The maximum absolute atomic E-state index is 12.6. The number of nitrogens with one attached hydrogen (secondary N) is 2. The number of rotatable bonds is 6. The molecule has 156 valence electrons. The molecule has 3 rings (SSSR count). The molecule has 1 aromatic rings. The molecule has 2 heterocycles. The molecule has 0 aliphatic carbocycles. The molecule has 1 atom stereocenters. The lowest BCUT2D eigenvalue weighted by Crippen LogP contribution is -2.54. The molecule has 1 fully saturated rings. The first-order chi connectivity index (χ1) is 14.0. The molecule has 0 aromatic heterocycles. The third-order valence-corrected chi connectivity index (χ3v) is 5.21. The second-order valence-corrected chi connectivity index (χ2v) is 7.11. The zero-order valence-corrected chi connectivity index (χ0v) is 16.9. The van der Waals surface area contributed by atoms with Crippen LogP contribution in [0.25, 0.3) is 0 Å². The number of hydrogen-bond acceptors (Lipinski definition) is 5. The first kappa shape index (κ1) is 20.9. The zero-order chi connectivity index (χ0) is 20.8. The van der Waals surface area contributed by atoms with E-state index in [2.05, 4.69) is 15.5 Å². The molecule has 2 aliphatic heterocycles. The van der Waals surface area contributed by atoms with Crippen LogP contribution in [0.1, 0.15) is 30.6 Å². The molecule has 2 aliphatic rings. The van der Waals surface area contributed by atoms with E-state index in [1.807, 2.05) is 42.2 Å². The summed E-state index contributed by atoms with van der Waals surface area (Å²) in [6.45, 7) is 6.92. The maximum atomic E-state index is 12.6. The SMILES string of the molecule is CCOC(=O)C1=C(CN2CCN(C(=O)c3ccccc3)CC2)NC(=O)NC1CC. The highest BCUT2D eigenvalue weighted by Crippen LogP contribution is 2.19. The normalized spacial score (nSPS) is 20.1. The number of amides is 3. The Kier molecular flexibility index (Phi) is 6.87. The summed E-state index contributed by atoms with van der Waals surface area (Å²) in [4.78, 5) is 41.1. The largest absolute Gasteiger partial charge is 0.463 e. The molecule has 8 nitrogen and oxygen atoms in total. The van der Waals surface area contributed by atoms with Crippen molar-refractivity contribution in [3.63, 3.8) is 0 Å². The highest BCUT2D eigenvalue weighted by Gasteiger charge is 2.33. The summed E-state index contributed by atoms with van der Waals surface area (Å²) < 4.78 is 5.21. The van der Waals surface area contributed by atoms with Crippen molar-refractivity contribution in [3.8, 4) is 0 Å². The Bertz CT molecular complexity index is 785. The van der Waals surface area contributed by atoms with Gasteiger partial charge < -0.3 is 20.3 Å². The summed E-state index contributed by atoms with van der Waals surface area (Å²) in [5.74, 6) is -0.377. The van der Waals surface area contributed by atoms with Gasteiger partial charge in [0.15, 0.2) is 0 Å². The molecule has 1 saturated heterocycles. The van der Waals surface area contributed by atoms with E-state index in [4.69, 9.17) is 4.74 Å². The molecular weight excluding hydrogens is 372 g/mol. The predicted molar refractivity (Wildman–Crippen MR) is 108 cm³/mol. The highest BCUT2D eigenvalue weighted by molar-refractivity contribution is 5.95. The Balaban J connectivity index is 1.67. The quantitative estimate of drug-likeness (QED) is 0.704. The number of nitrogens with zero attached hydrogens (tertiary/aromatic N) is 2. The van der Waals surface area contributed by atoms with Gasteiger partial charge in [0, 0.05) is 44.0 Å². The molecule has 29 heavy (non-hydrogen) atoms. The number of urea groups is 1. The van der Waals surface area contributed by atoms with Crippen LogP contribution in [-0.2, 0) is 9.53 Å². The standard InChI is InChI=1S/C21H28N4O4/c1-3-16-18(20(27)29-4-2)17(23-21(28)22-16)14-24-10-12-25(13-11-24)19(26)15-8-6-5-7-9-15/h5-9,16H,3-4,10-14H2,1-2H3,(H2,22,23,28). The monoisotopic (exact) mass is 400 g/mol. The van der Waals surface area contributed by atoms with Crippen LogP contribution in [0.3, 0.4) is 0 Å². The molecule has 2 N–H and O–H groups in total. The Morgan fingerprint density at radius 3 is 2.41 bits per heavy atom. The molecule has 0 spiro atoms. The summed E-state index contributed by atoms with van der Waals surface area (Å²) in [6, 6.07) is 8.58. The molecule has 0 radical (unpaired) electrons. The lowest BCUT2D eigenvalue weighted by atomic mass is 10.00. The van der Waals surface area contributed by atoms with E-state index in [1.54, 1.807) is 6.92 Å². The van der Waals surface area contributed by atoms with Crippen molar-refractivity contribution in [2.75, 3.05) is 39.3 Å². The molecule has 0 saturated carbocycles. The predicted octanol–water partition coefficient (Wildman–Crippen LogP) is 1.35. The molecule has 0 bridgehead atoms. The van der Waals surface area contributed by atoms with Crippen molar-refractivity contribution in [2.45, 2.75) is 26.3 Å². The Labute approximate surface area is 170 Å². The van der Waals surface area contributed by atoms with E-state index in [9.17, 15) is 14.4 Å². The van der Waals surface area contributed by atoms with Gasteiger partial charge in [0.2, 0.25) is 0 Å². The Morgan fingerprint density at radius 2 is 1.79 bits per heavy atom. The number of hydrogen-bond donors (Lipinski definition) is 2. The number of carbonyl (C=O) groups is 3. The summed E-state index contributed by atoms with van der Waals surface area (Å²) in [6.07, 6.45) is 0.602. The van der Waals surface area contributed by atoms with E-state index in [0.717, 1.165) is 0 Å². The fraction of sp³-hybridized carbons (Fsp3) is 0.476. The minimum absolute atomic E-state index is 0.0258. The van der Waals surface area contributed by atoms with Gasteiger partial charge in [0.25, 0.3) is 5.91 Å². The first-order valence-corrected chi connectivity index (χ1v) is 10.1. The van der Waals surface area contributed by atoms with Gasteiger partial charge in [-0.25, -0.2) is 9.59 Å². The van der Waals surface area contributed by atoms with Crippen molar-refractivity contribution in [1.29, 1.82) is 0 Å². The maximum Gasteiger partial charge on any atom is 0.337 e. The molecule has 8 heteroatoms. The first-order valence-electron chi connectivity index (χ1n) is 10.1. The highest BCUT2D eigenvalue weighted by atomic mass is 16.5. The average Bonchev–Trinajstić information content (AvgIpc) is 2.74. The lowest BCUT2D eigenvalue weighted by molar-refractivity contribution is -0.139. The van der Waals surface area contributed by atoms with E-state index >= 15 is 0 Å². The van der Waals surface area contributed by atoms with Gasteiger partial charge in [0.1, 0.15) is 0 Å². The molecular formula is C21H28N4O4. The van der Waals surface area contributed by atoms with Crippen molar-refractivity contribution in [2.24, 2.45) is 0 Å². The van der Waals surface area contributed by atoms with Crippen molar-refractivity contribution < 1.29 is 19.1 Å². The fourth-order valence-electron chi connectivity index (χ4n) is 3.68. The number of esters is 1. The lowest BCUT2D eigenvalue weighted by Gasteiger charge is -2.37. The van der Waals surface area contributed by atoms with Gasteiger partial charge in [0.05, 0.1) is 18.2 Å². The minimum Gasteiger partial charge on any atom is -0.463 e. The van der Waals surface area contributed by atoms with Crippen LogP contribution in [0, 0.1) is 0 Å². The third kappa shape index (κ3) is 4.95. The average molecular weight is 400 g/mol. The van der Waals surface area contributed by atoms with E-state index < -0.39 is 5.97 Å². The molecule has 1 aromatic carbocycles. The smallest absolute Gasteiger partial charge is 0.337 e. The topological polar surface area (TPSA) is 91.0 Å². The van der Waals surface area contributed by atoms with Crippen molar-refractivity contribution in [1.82, 2.24) is 20.4 Å². The van der Waals surface area contributed by atoms with Gasteiger partial charge in [-0.2, -0.15) is 0 Å². The zero-order valence-electron chi connectivity index (χ0n) is 16.9. The van der Waals surface area contributed by atoms with Crippen LogP contribution in [0.15, 0.2) is 41.6 Å². The second kappa shape index (κ2) is 9.56. The summed E-state index contributed by atoms with van der Waals surface area (Å²) in [5.41, 5.74) is 1.75. The molecule has 1 unspecified atom stereocenters. The second-order valence-electron chi connectivity index (χ2n) is 7.11. The van der Waals surface area contributed by atoms with E-state index in [1.165, 1.54) is 0 Å². The van der Waals surface area contributed by atoms with Gasteiger partial charge in [-0.1, -0.05) is 25.1 Å². The van der Waals surface area contributed by atoms with Crippen LogP contribution in [0.5, 0.6) is 0 Å². The van der Waals surface area contributed by atoms with Crippen LogP contribution >= 0.6 is 0 Å².